The second-order valence-electron chi connectivity index (χ2n) is 4.05. The van der Waals surface area contributed by atoms with Gasteiger partial charge in [-0.3, -0.25) is 0 Å². The maximum Gasteiger partial charge on any atom is 0.118 e. The summed E-state index contributed by atoms with van der Waals surface area (Å²) in [6.45, 7) is 0. The molecule has 2 rings (SSSR count). The number of phenolic OH excluding ortho intramolecular Hbond substituents is 2. The predicted molar refractivity (Wildman–Crippen MR) is 79.0 cm³/mol. The Kier molecular flexibility index (Phi) is 4.30. The molecule has 0 aliphatic carbocycles. The van der Waals surface area contributed by atoms with Crippen LogP contribution in [0, 0.1) is 0 Å². The van der Waals surface area contributed by atoms with Crippen LogP contribution >= 0.6 is 31.9 Å². The SMILES string of the molecule is Oc1ccc(Br)cc1CCc1cc(Br)ccc1O. The van der Waals surface area contributed by atoms with E-state index >= 15 is 0 Å². The van der Waals surface area contributed by atoms with Crippen LogP contribution in [0.2, 0.25) is 0 Å². The third-order valence-corrected chi connectivity index (χ3v) is 3.73. The molecule has 2 N–H and O–H groups in total. The fraction of sp³-hybridized carbons (Fsp3) is 0.143. The van der Waals surface area contributed by atoms with Crippen molar-refractivity contribution in [1.82, 2.24) is 0 Å². The van der Waals surface area contributed by atoms with Crippen molar-refractivity contribution in [3.63, 3.8) is 0 Å². The van der Waals surface area contributed by atoms with Gasteiger partial charge in [0.15, 0.2) is 0 Å². The normalized spacial score (nSPS) is 10.6. The Morgan fingerprint density at radius 2 is 1.11 bits per heavy atom. The molecule has 0 aromatic heterocycles. The van der Waals surface area contributed by atoms with Gasteiger partial charge >= 0.3 is 0 Å². The first-order chi connectivity index (χ1) is 8.56. The number of hydrogen-bond donors (Lipinski definition) is 2. The first-order valence-electron chi connectivity index (χ1n) is 5.51. The van der Waals surface area contributed by atoms with Crippen LogP contribution in [0.4, 0.5) is 0 Å². The molecule has 0 amide bonds. The Morgan fingerprint density at radius 1 is 0.722 bits per heavy atom. The van der Waals surface area contributed by atoms with Gasteiger partial charge in [0.1, 0.15) is 11.5 Å². The summed E-state index contributed by atoms with van der Waals surface area (Å²) in [5, 5.41) is 19.5. The third-order valence-electron chi connectivity index (χ3n) is 2.75. The molecule has 94 valence electrons. The summed E-state index contributed by atoms with van der Waals surface area (Å²) in [6.07, 6.45) is 1.35. The van der Waals surface area contributed by atoms with Gasteiger partial charge in [0, 0.05) is 8.95 Å². The van der Waals surface area contributed by atoms with E-state index in [0.717, 1.165) is 20.1 Å². The van der Waals surface area contributed by atoms with E-state index in [2.05, 4.69) is 31.9 Å². The summed E-state index contributed by atoms with van der Waals surface area (Å²) < 4.78 is 1.88. The van der Waals surface area contributed by atoms with Gasteiger partial charge < -0.3 is 10.2 Å². The molecule has 0 fully saturated rings. The summed E-state index contributed by atoms with van der Waals surface area (Å²) >= 11 is 6.76. The van der Waals surface area contributed by atoms with Gasteiger partial charge in [0.05, 0.1) is 0 Å². The number of halogens is 2. The van der Waals surface area contributed by atoms with Gasteiger partial charge in [-0.1, -0.05) is 31.9 Å². The Morgan fingerprint density at radius 3 is 1.50 bits per heavy atom. The molecule has 0 radical (unpaired) electrons. The molecule has 2 nitrogen and oxygen atoms in total. The van der Waals surface area contributed by atoms with Crippen molar-refractivity contribution in [2.75, 3.05) is 0 Å². The average molecular weight is 372 g/mol. The van der Waals surface area contributed by atoms with E-state index < -0.39 is 0 Å². The maximum atomic E-state index is 9.74. The molecule has 0 unspecified atom stereocenters. The Balaban J connectivity index is 2.16. The standard InChI is InChI=1S/C14H12Br2O2/c15-11-3-5-13(17)9(7-11)1-2-10-8-12(16)4-6-14(10)18/h3-8,17-18H,1-2H2. The zero-order chi connectivity index (χ0) is 13.1. The van der Waals surface area contributed by atoms with E-state index in [9.17, 15) is 10.2 Å². The quantitative estimate of drug-likeness (QED) is 0.838. The summed E-state index contributed by atoms with van der Waals surface area (Å²) in [7, 11) is 0. The van der Waals surface area contributed by atoms with Gasteiger partial charge in [0.2, 0.25) is 0 Å². The van der Waals surface area contributed by atoms with Crippen molar-refractivity contribution in [2.24, 2.45) is 0 Å². The molecule has 0 heterocycles. The monoisotopic (exact) mass is 370 g/mol. The molecule has 0 aliphatic rings. The largest absolute Gasteiger partial charge is 0.508 e. The zero-order valence-corrected chi connectivity index (χ0v) is 12.7. The molecular formula is C14H12Br2O2. The van der Waals surface area contributed by atoms with Gasteiger partial charge in [-0.25, -0.2) is 0 Å². The molecule has 0 saturated heterocycles. The fourth-order valence-electron chi connectivity index (χ4n) is 1.78. The van der Waals surface area contributed by atoms with Crippen LogP contribution in [0.25, 0.3) is 0 Å². The average Bonchev–Trinajstić information content (AvgIpc) is 2.34. The second kappa shape index (κ2) is 5.76. The van der Waals surface area contributed by atoms with E-state index in [1.165, 1.54) is 0 Å². The highest BCUT2D eigenvalue weighted by molar-refractivity contribution is 9.10. The van der Waals surface area contributed by atoms with Crippen LogP contribution in [0.5, 0.6) is 11.5 Å². The Bertz CT molecular complexity index is 516. The highest BCUT2D eigenvalue weighted by Crippen LogP contribution is 2.26. The minimum Gasteiger partial charge on any atom is -0.508 e. The van der Waals surface area contributed by atoms with E-state index in [4.69, 9.17) is 0 Å². The van der Waals surface area contributed by atoms with Gasteiger partial charge in [-0.2, -0.15) is 0 Å². The van der Waals surface area contributed by atoms with Gasteiger partial charge in [-0.05, 0) is 60.4 Å². The van der Waals surface area contributed by atoms with Gasteiger partial charge in [0.25, 0.3) is 0 Å². The number of rotatable bonds is 3. The third kappa shape index (κ3) is 3.27. The molecule has 0 saturated carbocycles. The van der Waals surface area contributed by atoms with E-state index in [1.807, 2.05) is 12.1 Å². The minimum atomic E-state index is 0.285. The molecule has 0 atom stereocenters. The number of benzene rings is 2. The molecule has 4 heteroatoms. The molecule has 18 heavy (non-hydrogen) atoms. The van der Waals surface area contributed by atoms with E-state index in [0.29, 0.717) is 12.8 Å². The number of aryl methyl sites for hydroxylation is 2. The minimum absolute atomic E-state index is 0.285. The van der Waals surface area contributed by atoms with Crippen molar-refractivity contribution in [3.05, 3.63) is 56.5 Å². The summed E-state index contributed by atoms with van der Waals surface area (Å²) in [5.41, 5.74) is 1.73. The van der Waals surface area contributed by atoms with Crippen molar-refractivity contribution in [1.29, 1.82) is 0 Å². The lowest BCUT2D eigenvalue weighted by Crippen LogP contribution is -1.93. The molecule has 0 spiro atoms. The van der Waals surface area contributed by atoms with E-state index in [-0.39, 0.29) is 11.5 Å². The summed E-state index contributed by atoms with van der Waals surface area (Å²) in [5.74, 6) is 0.570. The smallest absolute Gasteiger partial charge is 0.118 e. The number of aromatic hydroxyl groups is 2. The van der Waals surface area contributed by atoms with Crippen molar-refractivity contribution in [3.8, 4) is 11.5 Å². The Labute approximate surface area is 123 Å². The first-order valence-corrected chi connectivity index (χ1v) is 7.09. The van der Waals surface area contributed by atoms with Crippen molar-refractivity contribution in [2.45, 2.75) is 12.8 Å². The lowest BCUT2D eigenvalue weighted by molar-refractivity contribution is 0.462. The lowest BCUT2D eigenvalue weighted by atomic mass is 10.0. The second-order valence-corrected chi connectivity index (χ2v) is 5.88. The van der Waals surface area contributed by atoms with Crippen molar-refractivity contribution < 1.29 is 10.2 Å². The summed E-state index contributed by atoms with van der Waals surface area (Å²) in [6, 6.07) is 10.7. The van der Waals surface area contributed by atoms with Crippen molar-refractivity contribution >= 4 is 31.9 Å². The predicted octanol–water partition coefficient (Wildman–Crippen LogP) is 4.41. The number of hydrogen-bond acceptors (Lipinski definition) is 2. The molecular weight excluding hydrogens is 360 g/mol. The van der Waals surface area contributed by atoms with Crippen LogP contribution < -0.4 is 0 Å². The highest BCUT2D eigenvalue weighted by atomic mass is 79.9. The molecule has 2 aromatic rings. The van der Waals surface area contributed by atoms with Gasteiger partial charge in [-0.15, -0.1) is 0 Å². The molecule has 2 aromatic carbocycles. The maximum absolute atomic E-state index is 9.74. The fourth-order valence-corrected chi connectivity index (χ4v) is 2.59. The molecule has 0 bridgehead atoms. The lowest BCUT2D eigenvalue weighted by Gasteiger charge is -2.07. The van der Waals surface area contributed by atoms with Crippen LogP contribution in [0.1, 0.15) is 11.1 Å². The summed E-state index contributed by atoms with van der Waals surface area (Å²) in [4.78, 5) is 0. The Hall–Kier alpha value is -1.00. The van der Waals surface area contributed by atoms with Crippen LogP contribution in [-0.4, -0.2) is 10.2 Å². The van der Waals surface area contributed by atoms with E-state index in [1.54, 1.807) is 24.3 Å². The highest BCUT2D eigenvalue weighted by Gasteiger charge is 2.06. The number of phenols is 2. The molecule has 0 aliphatic heterocycles. The first kappa shape index (κ1) is 13.4. The van der Waals surface area contributed by atoms with Crippen LogP contribution in [-0.2, 0) is 12.8 Å². The zero-order valence-electron chi connectivity index (χ0n) is 9.53. The van der Waals surface area contributed by atoms with Crippen LogP contribution in [0.3, 0.4) is 0 Å². The van der Waals surface area contributed by atoms with Crippen LogP contribution in [0.15, 0.2) is 45.3 Å². The topological polar surface area (TPSA) is 40.5 Å².